The molecule has 2 aliphatic carbocycles. The predicted molar refractivity (Wildman–Crippen MR) is 246 cm³/mol. The normalized spacial score (nSPS) is 16.9. The van der Waals surface area contributed by atoms with Crippen LogP contribution in [-0.2, 0) is 28.4 Å². The van der Waals surface area contributed by atoms with Gasteiger partial charge in [-0.2, -0.15) is 0 Å². The molecule has 0 saturated carbocycles. The number of hydrogen-bond donors (Lipinski definition) is 0. The maximum absolute atomic E-state index is 9.04. The molecule has 0 aromatic heterocycles. The van der Waals surface area contributed by atoms with Crippen molar-refractivity contribution in [1.29, 1.82) is 0 Å². The molecule has 0 saturated heterocycles. The molecule has 0 radical (unpaired) electrons. The number of allylic oxidation sites excluding steroid dienone is 2. The van der Waals surface area contributed by atoms with E-state index in [1.54, 1.807) is 0 Å². The Morgan fingerprint density at radius 1 is 0.464 bits per heavy atom. The molecular weight excluding hydrogens is 815 g/mol. The van der Waals surface area contributed by atoms with E-state index in [9.17, 15) is 0 Å². The number of benzene rings is 6. The van der Waals surface area contributed by atoms with Crippen molar-refractivity contribution in [3.05, 3.63) is 190 Å². The third kappa shape index (κ3) is 6.83. The molecule has 2 unspecified atom stereocenters. The van der Waals surface area contributed by atoms with Crippen molar-refractivity contribution >= 4 is 46.2 Å². The molecule has 8 rings (SSSR count). The fourth-order valence-corrected chi connectivity index (χ4v) is 39.9. The molecule has 6 aromatic carbocycles. The number of fused-ring (bicyclic) bond motifs is 2. The Morgan fingerprint density at radius 2 is 0.839 bits per heavy atom. The average Bonchev–Trinajstić information content (AvgIpc) is 3.85. The molecule has 0 fully saturated rings. The van der Waals surface area contributed by atoms with Crippen molar-refractivity contribution < 1.29 is 15.6 Å². The third-order valence-corrected chi connectivity index (χ3v) is 64.3. The van der Waals surface area contributed by atoms with Gasteiger partial charge < -0.3 is 0 Å². The van der Waals surface area contributed by atoms with Crippen molar-refractivity contribution in [3.8, 4) is 22.3 Å². The number of aryl methyl sites for hydroxylation is 2. The Labute approximate surface area is 344 Å². The first-order valence-corrected chi connectivity index (χ1v) is 37.1. The molecule has 0 nitrogen and oxygen atoms in total. The van der Waals surface area contributed by atoms with Gasteiger partial charge in [-0.05, 0) is 0 Å². The van der Waals surface area contributed by atoms with Crippen LogP contribution in [0.5, 0.6) is 0 Å². The van der Waals surface area contributed by atoms with Gasteiger partial charge in [-0.25, -0.2) is 0 Å². The van der Waals surface area contributed by atoms with Gasteiger partial charge >= 0.3 is 347 Å². The molecule has 2 aliphatic rings. The fraction of sp³-hybridized carbons (Fsp3) is 0.231. The van der Waals surface area contributed by atoms with Gasteiger partial charge in [-0.3, -0.25) is 0 Å². The van der Waals surface area contributed by atoms with E-state index in [-0.39, 0.29) is 7.25 Å². The van der Waals surface area contributed by atoms with Crippen molar-refractivity contribution in [2.45, 2.75) is 72.7 Å². The molecule has 283 valence electrons. The summed E-state index contributed by atoms with van der Waals surface area (Å²) in [6.45, 7) is 9.47. The first kappa shape index (κ1) is 39.3. The molecule has 0 bridgehead atoms. The molecule has 4 heteroatoms. The Morgan fingerprint density at radius 3 is 1.23 bits per heavy atom. The number of hydrogen-bond acceptors (Lipinski definition) is 0. The second-order valence-corrected chi connectivity index (χ2v) is 58.8. The number of rotatable bonds is 13. The monoisotopic (exact) mass is 865 g/mol. The van der Waals surface area contributed by atoms with Gasteiger partial charge in [0.25, 0.3) is 0 Å². The zero-order valence-electron chi connectivity index (χ0n) is 33.2. The van der Waals surface area contributed by atoms with Crippen molar-refractivity contribution in [2.24, 2.45) is 0 Å². The van der Waals surface area contributed by atoms with E-state index in [2.05, 4.69) is 185 Å². The van der Waals surface area contributed by atoms with Crippen molar-refractivity contribution in [3.63, 3.8) is 0 Å². The van der Waals surface area contributed by atoms with E-state index < -0.39 is 21.5 Å². The van der Waals surface area contributed by atoms with E-state index in [0.29, 0.717) is 0 Å². The van der Waals surface area contributed by atoms with E-state index in [1.807, 2.05) is 0 Å². The molecular formula is C52H53Cl2SiZr. The summed E-state index contributed by atoms with van der Waals surface area (Å²) in [6.07, 6.45) is 11.8. The Bertz CT molecular complexity index is 2260. The maximum atomic E-state index is 9.04. The van der Waals surface area contributed by atoms with Gasteiger partial charge in [-0.15, -0.1) is 0 Å². The molecule has 56 heavy (non-hydrogen) atoms. The molecule has 0 heterocycles. The standard InChI is InChI=1S/2C25H23.C2H7Si.2ClH.Zr/c2*1-2-3-10-20-13-7-8-15-23(20)24-16-9-14-21-17-22(18-25(21)24)19-11-5-4-6-12-19;1-3-2;;;/h2*4-9,11-18H,2-3,10H2,1H3;3H,1-2H3;2*1H;/q;;;;;+2/p-2. The topological polar surface area (TPSA) is 0 Å². The van der Waals surface area contributed by atoms with Crippen LogP contribution < -0.4 is 0 Å². The fourth-order valence-electron chi connectivity index (χ4n) is 9.79. The first-order chi connectivity index (χ1) is 27.3. The average molecular weight is 868 g/mol. The van der Waals surface area contributed by atoms with Crippen LogP contribution in [0.25, 0.3) is 45.6 Å². The third-order valence-electron chi connectivity index (χ3n) is 12.8. The van der Waals surface area contributed by atoms with Crippen LogP contribution in [0.2, 0.25) is 13.1 Å². The summed E-state index contributed by atoms with van der Waals surface area (Å²) >= 11 is -5.21. The minimum absolute atomic E-state index is 0.0739. The zero-order valence-corrected chi connectivity index (χ0v) is 38.4. The van der Waals surface area contributed by atoms with E-state index >= 15 is 0 Å². The van der Waals surface area contributed by atoms with Crippen LogP contribution in [0.3, 0.4) is 0 Å². The minimum atomic E-state index is -5.21. The van der Waals surface area contributed by atoms with Crippen LogP contribution in [-0.4, -0.2) is 5.92 Å². The van der Waals surface area contributed by atoms with Crippen LogP contribution >= 0.6 is 17.0 Å². The Kier molecular flexibility index (Phi) is 11.5. The first-order valence-electron chi connectivity index (χ1n) is 20.8. The molecule has 0 aliphatic heterocycles. The number of halogens is 2. The second kappa shape index (κ2) is 16.4. The molecule has 0 N–H and O–H groups in total. The van der Waals surface area contributed by atoms with Crippen LogP contribution in [0, 0.1) is 0 Å². The van der Waals surface area contributed by atoms with Crippen molar-refractivity contribution in [2.75, 3.05) is 0 Å². The van der Waals surface area contributed by atoms with Crippen molar-refractivity contribution in [1.82, 2.24) is 0 Å². The molecule has 0 spiro atoms. The SMILES string of the molecule is CCCCc1ccccc1-c1cccc2c1C=C(c1ccccc1)[CH]2[Zr]([Cl])([Cl])([CH]1C(c2ccccc2)=Cc2c(-c3ccccc3CCCC)cccc21)[SiH](C)C. The van der Waals surface area contributed by atoms with Gasteiger partial charge in [0.15, 0.2) is 0 Å². The summed E-state index contributed by atoms with van der Waals surface area (Å²) < 4.78 is -0.148. The predicted octanol–water partition coefficient (Wildman–Crippen LogP) is 15.6. The Balaban J connectivity index is 1.40. The molecule has 0 amide bonds. The van der Waals surface area contributed by atoms with E-state index in [4.69, 9.17) is 17.0 Å². The van der Waals surface area contributed by atoms with Crippen LogP contribution in [0.1, 0.15) is 91.3 Å². The van der Waals surface area contributed by atoms with E-state index in [1.165, 1.54) is 104 Å². The quantitative estimate of drug-likeness (QED) is 0.101. The number of unbranched alkanes of at least 4 members (excludes halogenated alkanes) is 2. The zero-order chi connectivity index (χ0) is 38.9. The summed E-state index contributed by atoms with van der Waals surface area (Å²) in [7, 11) is 18.1. The van der Waals surface area contributed by atoms with Crippen LogP contribution in [0.4, 0.5) is 0 Å². The summed E-state index contributed by atoms with van der Waals surface area (Å²) in [6, 6.07) is 53.9. The molecule has 6 aromatic rings. The summed E-state index contributed by atoms with van der Waals surface area (Å²) in [5.74, 6) is -1.83. The molecule has 2 atom stereocenters. The van der Waals surface area contributed by atoms with Crippen LogP contribution in [0.15, 0.2) is 146 Å². The summed E-state index contributed by atoms with van der Waals surface area (Å²) in [5, 5.41) is 0. The van der Waals surface area contributed by atoms with Gasteiger partial charge in [0.2, 0.25) is 0 Å². The van der Waals surface area contributed by atoms with Gasteiger partial charge in [0.05, 0.1) is 0 Å². The summed E-state index contributed by atoms with van der Waals surface area (Å²) in [5.41, 5.74) is 18.3. The Hall–Kier alpha value is -3.52. The van der Waals surface area contributed by atoms with Gasteiger partial charge in [0.1, 0.15) is 0 Å². The van der Waals surface area contributed by atoms with E-state index in [0.717, 1.165) is 12.8 Å². The summed E-state index contributed by atoms with van der Waals surface area (Å²) in [4.78, 5) is 0. The second-order valence-electron chi connectivity index (χ2n) is 16.3. The van der Waals surface area contributed by atoms with Gasteiger partial charge in [0, 0.05) is 0 Å². The van der Waals surface area contributed by atoms with Gasteiger partial charge in [-0.1, -0.05) is 0 Å².